The second kappa shape index (κ2) is 7.36. The topological polar surface area (TPSA) is 30.5 Å². The molecule has 0 bridgehead atoms. The van der Waals surface area contributed by atoms with Crippen molar-refractivity contribution < 1.29 is 9.47 Å². The Morgan fingerprint density at radius 3 is 2.59 bits per heavy atom. The summed E-state index contributed by atoms with van der Waals surface area (Å²) in [5.74, 6) is 2.58. The molecule has 1 aliphatic heterocycles. The highest BCUT2D eigenvalue weighted by Gasteiger charge is 2.39. The van der Waals surface area contributed by atoms with Gasteiger partial charge in [-0.3, -0.25) is 0 Å². The van der Waals surface area contributed by atoms with E-state index in [-0.39, 0.29) is 5.60 Å². The first-order valence-corrected chi connectivity index (χ1v) is 8.73. The Hall–Kier alpha value is -1.22. The van der Waals surface area contributed by atoms with E-state index in [0.29, 0.717) is 18.6 Å². The molecule has 0 radical (unpaired) electrons. The van der Waals surface area contributed by atoms with E-state index in [1.54, 1.807) is 0 Å². The van der Waals surface area contributed by atoms with Crippen molar-refractivity contribution in [3.63, 3.8) is 0 Å². The Labute approximate surface area is 135 Å². The molecule has 0 fully saturated rings. The van der Waals surface area contributed by atoms with E-state index in [4.69, 9.17) is 9.47 Å². The number of hydrogen-bond donors (Lipinski definition) is 1. The molecular formula is C19H31NO2. The molecule has 3 heteroatoms. The van der Waals surface area contributed by atoms with Crippen LogP contribution in [0.2, 0.25) is 0 Å². The monoisotopic (exact) mass is 305 g/mol. The van der Waals surface area contributed by atoms with Gasteiger partial charge in [0.2, 0.25) is 0 Å². The number of rotatable bonds is 7. The van der Waals surface area contributed by atoms with Crippen LogP contribution in [0.1, 0.15) is 65.5 Å². The third kappa shape index (κ3) is 3.57. The fourth-order valence-corrected chi connectivity index (χ4v) is 3.22. The Bertz CT molecular complexity index is 480. The van der Waals surface area contributed by atoms with Crippen LogP contribution in [0.4, 0.5) is 0 Å². The molecule has 1 heterocycles. The first-order valence-electron chi connectivity index (χ1n) is 8.73. The summed E-state index contributed by atoms with van der Waals surface area (Å²) < 4.78 is 12.3. The van der Waals surface area contributed by atoms with Gasteiger partial charge in [0, 0.05) is 12.5 Å². The van der Waals surface area contributed by atoms with Crippen LogP contribution in [0.15, 0.2) is 18.2 Å². The molecule has 22 heavy (non-hydrogen) atoms. The molecule has 3 nitrogen and oxygen atoms in total. The van der Waals surface area contributed by atoms with Gasteiger partial charge in [0.15, 0.2) is 0 Å². The first kappa shape index (κ1) is 17.1. The van der Waals surface area contributed by atoms with E-state index >= 15 is 0 Å². The van der Waals surface area contributed by atoms with Crippen LogP contribution < -0.4 is 14.8 Å². The van der Waals surface area contributed by atoms with Crippen molar-refractivity contribution in [1.82, 2.24) is 5.32 Å². The molecule has 0 aliphatic carbocycles. The van der Waals surface area contributed by atoms with E-state index in [1.165, 1.54) is 5.56 Å². The van der Waals surface area contributed by atoms with Crippen molar-refractivity contribution in [2.45, 2.75) is 65.5 Å². The number of hydrogen-bond acceptors (Lipinski definition) is 3. The first-order chi connectivity index (χ1) is 10.5. The Balaban J connectivity index is 2.38. The predicted octanol–water partition coefficient (Wildman–Crippen LogP) is 4.71. The molecule has 1 N–H and O–H groups in total. The molecule has 0 saturated carbocycles. The van der Waals surface area contributed by atoms with Gasteiger partial charge >= 0.3 is 0 Å². The van der Waals surface area contributed by atoms with Crippen LogP contribution in [-0.4, -0.2) is 18.8 Å². The van der Waals surface area contributed by atoms with Crippen LogP contribution in [0.3, 0.4) is 0 Å². The minimum absolute atomic E-state index is 0.0630. The maximum atomic E-state index is 6.42. The lowest BCUT2D eigenvalue weighted by atomic mass is 9.83. The van der Waals surface area contributed by atoms with Gasteiger partial charge in [-0.2, -0.15) is 0 Å². The van der Waals surface area contributed by atoms with Crippen LogP contribution in [0, 0.1) is 5.92 Å². The fourth-order valence-electron chi connectivity index (χ4n) is 3.22. The van der Waals surface area contributed by atoms with Gasteiger partial charge in [0.1, 0.15) is 17.1 Å². The lowest BCUT2D eigenvalue weighted by Gasteiger charge is -2.42. The Morgan fingerprint density at radius 1 is 1.27 bits per heavy atom. The van der Waals surface area contributed by atoms with Crippen LogP contribution in [0.25, 0.3) is 0 Å². The van der Waals surface area contributed by atoms with Crippen molar-refractivity contribution in [2.75, 3.05) is 13.2 Å². The fraction of sp³-hybridized carbons (Fsp3) is 0.684. The standard InChI is InChI=1S/C19H31NO2/c1-6-19(7-2)12-15(20-13-14(4)5)18-16(21-8-3)10-9-11-17(18)22-19/h9-11,14-15,20H,6-8,12-13H2,1-5H3. The summed E-state index contributed by atoms with van der Waals surface area (Å²) in [4.78, 5) is 0. The summed E-state index contributed by atoms with van der Waals surface area (Å²) in [7, 11) is 0. The zero-order valence-electron chi connectivity index (χ0n) is 14.7. The second-order valence-electron chi connectivity index (χ2n) is 6.65. The third-order valence-electron chi connectivity index (χ3n) is 4.64. The zero-order chi connectivity index (χ0) is 16.2. The van der Waals surface area contributed by atoms with Gasteiger partial charge in [0.05, 0.1) is 12.2 Å². The van der Waals surface area contributed by atoms with E-state index in [2.05, 4.69) is 45.1 Å². The van der Waals surface area contributed by atoms with Crippen LogP contribution in [-0.2, 0) is 0 Å². The summed E-state index contributed by atoms with van der Waals surface area (Å²) in [6, 6.07) is 6.47. The lowest BCUT2D eigenvalue weighted by Crippen LogP contribution is -2.44. The van der Waals surface area contributed by atoms with E-state index in [0.717, 1.165) is 37.3 Å². The van der Waals surface area contributed by atoms with Crippen molar-refractivity contribution in [3.05, 3.63) is 23.8 Å². The zero-order valence-corrected chi connectivity index (χ0v) is 14.7. The van der Waals surface area contributed by atoms with E-state index in [1.807, 2.05) is 13.0 Å². The van der Waals surface area contributed by atoms with Crippen LogP contribution >= 0.6 is 0 Å². The molecule has 2 rings (SSSR count). The Morgan fingerprint density at radius 2 is 2.00 bits per heavy atom. The molecule has 1 aromatic rings. The minimum atomic E-state index is -0.0630. The third-order valence-corrected chi connectivity index (χ3v) is 4.64. The van der Waals surface area contributed by atoms with Crippen molar-refractivity contribution in [1.29, 1.82) is 0 Å². The van der Waals surface area contributed by atoms with Gasteiger partial charge < -0.3 is 14.8 Å². The van der Waals surface area contributed by atoms with Crippen molar-refractivity contribution in [3.8, 4) is 11.5 Å². The molecule has 124 valence electrons. The molecule has 1 unspecified atom stereocenters. The normalized spacial score (nSPS) is 19.6. The van der Waals surface area contributed by atoms with E-state index in [9.17, 15) is 0 Å². The summed E-state index contributed by atoms with van der Waals surface area (Å²) in [5, 5.41) is 3.74. The highest BCUT2D eigenvalue weighted by molar-refractivity contribution is 5.49. The quantitative estimate of drug-likeness (QED) is 0.791. The molecule has 0 amide bonds. The number of fused-ring (bicyclic) bond motifs is 1. The van der Waals surface area contributed by atoms with Gasteiger partial charge in [-0.05, 0) is 44.4 Å². The average molecular weight is 305 g/mol. The highest BCUT2D eigenvalue weighted by atomic mass is 16.5. The summed E-state index contributed by atoms with van der Waals surface area (Å²) in [5.41, 5.74) is 1.13. The van der Waals surface area contributed by atoms with Gasteiger partial charge in [-0.1, -0.05) is 33.8 Å². The van der Waals surface area contributed by atoms with E-state index < -0.39 is 0 Å². The predicted molar refractivity (Wildman–Crippen MR) is 91.8 cm³/mol. The van der Waals surface area contributed by atoms with Crippen molar-refractivity contribution in [2.24, 2.45) is 5.92 Å². The molecular weight excluding hydrogens is 274 g/mol. The molecule has 0 aromatic heterocycles. The van der Waals surface area contributed by atoms with Crippen LogP contribution in [0.5, 0.6) is 11.5 Å². The summed E-state index contributed by atoms with van der Waals surface area (Å²) in [6.45, 7) is 12.7. The maximum Gasteiger partial charge on any atom is 0.128 e. The van der Waals surface area contributed by atoms with Gasteiger partial charge in [-0.15, -0.1) is 0 Å². The summed E-state index contributed by atoms with van der Waals surface area (Å²) in [6.07, 6.45) is 3.06. The molecule has 1 aliphatic rings. The highest BCUT2D eigenvalue weighted by Crippen LogP contribution is 2.46. The van der Waals surface area contributed by atoms with Crippen molar-refractivity contribution >= 4 is 0 Å². The van der Waals surface area contributed by atoms with Gasteiger partial charge in [-0.25, -0.2) is 0 Å². The van der Waals surface area contributed by atoms with Gasteiger partial charge in [0.25, 0.3) is 0 Å². The molecule has 0 saturated heterocycles. The second-order valence-corrected chi connectivity index (χ2v) is 6.65. The Kier molecular flexibility index (Phi) is 5.74. The minimum Gasteiger partial charge on any atom is -0.493 e. The largest absolute Gasteiger partial charge is 0.493 e. The molecule has 1 atom stereocenters. The SMILES string of the molecule is CCOc1cccc2c1C(NCC(C)C)CC(CC)(CC)O2. The lowest BCUT2D eigenvalue weighted by molar-refractivity contribution is 0.0213. The number of nitrogens with one attached hydrogen (secondary N) is 1. The molecule has 0 spiro atoms. The average Bonchev–Trinajstić information content (AvgIpc) is 2.52. The smallest absolute Gasteiger partial charge is 0.128 e. The molecule has 1 aromatic carbocycles. The summed E-state index contributed by atoms with van der Waals surface area (Å²) >= 11 is 0. The number of ether oxygens (including phenoxy) is 2. The number of benzene rings is 1. The maximum absolute atomic E-state index is 6.42.